The molecule has 3 fully saturated rings. The van der Waals surface area contributed by atoms with Crippen molar-refractivity contribution in [1.82, 2.24) is 9.29 Å². The highest BCUT2D eigenvalue weighted by Gasteiger charge is 2.52. The molecule has 166 valence electrons. The second kappa shape index (κ2) is 7.83. The number of hydrogen-bond donors (Lipinski definition) is 2. The number of anilines is 3. The van der Waals surface area contributed by atoms with Crippen LogP contribution in [0.1, 0.15) is 44.1 Å². The Morgan fingerprint density at radius 2 is 1.84 bits per heavy atom. The van der Waals surface area contributed by atoms with Crippen molar-refractivity contribution >= 4 is 38.7 Å². The fraction of sp³-hybridized carbons (Fsp3) is 0.500. The minimum absolute atomic E-state index is 0.0373. The molecule has 0 amide bonds. The Balaban J connectivity index is 1.31. The number of benzene rings is 1. The van der Waals surface area contributed by atoms with E-state index in [1.807, 2.05) is 23.4 Å². The predicted octanol–water partition coefficient (Wildman–Crippen LogP) is 4.24. The number of fused-ring (bicyclic) bond motifs is 2. The number of aromatic nitrogens is 1. The average Bonchev–Trinajstić information content (AvgIpc) is 3.53. The molecule has 1 aromatic carbocycles. The number of pyridine rings is 1. The molecule has 3 N–H and O–H groups in total. The van der Waals surface area contributed by atoms with Crippen LogP contribution in [-0.4, -0.2) is 41.1 Å². The topological polar surface area (TPSA) is 97.6 Å². The molecule has 31 heavy (non-hydrogen) atoms. The number of nitrogens with one attached hydrogen (secondary N) is 1. The maximum absolute atomic E-state index is 12.8. The first-order valence-corrected chi connectivity index (χ1v) is 12.7. The molecule has 5 rings (SSSR count). The van der Waals surface area contributed by atoms with E-state index in [0.717, 1.165) is 42.6 Å². The van der Waals surface area contributed by atoms with Crippen molar-refractivity contribution in [3.8, 4) is 5.88 Å². The molecular formula is C22H27ClN4O3S. The zero-order chi connectivity index (χ0) is 21.8. The van der Waals surface area contributed by atoms with Crippen LogP contribution in [0.4, 0.5) is 17.1 Å². The number of halogens is 1. The summed E-state index contributed by atoms with van der Waals surface area (Å²) in [6, 6.07) is 7.31. The van der Waals surface area contributed by atoms with E-state index in [1.165, 1.54) is 0 Å². The third-order valence-corrected chi connectivity index (χ3v) is 9.37. The van der Waals surface area contributed by atoms with Crippen LogP contribution in [0.2, 0.25) is 5.02 Å². The summed E-state index contributed by atoms with van der Waals surface area (Å²) in [6.45, 7) is 1.96. The molecule has 7 nitrogen and oxygen atoms in total. The fourth-order valence-corrected chi connectivity index (χ4v) is 7.37. The minimum Gasteiger partial charge on any atom is -0.474 e. The molecule has 1 saturated carbocycles. The predicted molar refractivity (Wildman–Crippen MR) is 122 cm³/mol. The highest BCUT2D eigenvalue weighted by atomic mass is 35.5. The number of nitrogen functional groups attached to an aromatic ring is 1. The van der Waals surface area contributed by atoms with Gasteiger partial charge in [-0.15, -0.1) is 0 Å². The molecular weight excluding hydrogens is 436 g/mol. The van der Waals surface area contributed by atoms with Crippen molar-refractivity contribution in [1.29, 1.82) is 0 Å². The van der Waals surface area contributed by atoms with Crippen molar-refractivity contribution in [3.05, 3.63) is 41.0 Å². The summed E-state index contributed by atoms with van der Waals surface area (Å²) in [5.74, 6) is 0.569. The Kier molecular flexibility index (Phi) is 5.27. The van der Waals surface area contributed by atoms with E-state index in [-0.39, 0.29) is 23.4 Å². The van der Waals surface area contributed by atoms with E-state index in [0.29, 0.717) is 29.4 Å². The van der Waals surface area contributed by atoms with Gasteiger partial charge in [0.1, 0.15) is 6.10 Å². The Labute approximate surface area is 188 Å². The van der Waals surface area contributed by atoms with E-state index in [2.05, 4.69) is 10.3 Å². The molecule has 2 aliphatic heterocycles. The van der Waals surface area contributed by atoms with E-state index >= 15 is 0 Å². The van der Waals surface area contributed by atoms with Gasteiger partial charge in [0.25, 0.3) is 0 Å². The molecule has 0 spiro atoms. The Hall–Kier alpha value is -2.03. The standard InChI is InChI=1S/C22H27ClN4O3S/c1-13-20(26-21-7-2-14(24)10-19(21)23)8-9-25-22(13)30-17-11-15-3-4-16(12-17)27(15)31(28,29)18-5-6-18/h2,7-10,15-18H,3-6,11-12,24H2,1H3,(H,25,26)/t15-,16-/m0/s1. The van der Waals surface area contributed by atoms with Gasteiger partial charge < -0.3 is 15.8 Å². The van der Waals surface area contributed by atoms with Gasteiger partial charge in [0.05, 0.1) is 16.0 Å². The summed E-state index contributed by atoms with van der Waals surface area (Å²) in [6.07, 6.45) is 6.54. The van der Waals surface area contributed by atoms with Gasteiger partial charge in [-0.25, -0.2) is 13.4 Å². The molecule has 0 unspecified atom stereocenters. The van der Waals surface area contributed by atoms with Crippen LogP contribution in [0.15, 0.2) is 30.5 Å². The van der Waals surface area contributed by atoms with Crippen LogP contribution < -0.4 is 15.8 Å². The maximum atomic E-state index is 12.8. The van der Waals surface area contributed by atoms with E-state index in [4.69, 9.17) is 22.1 Å². The lowest BCUT2D eigenvalue weighted by Gasteiger charge is -2.38. The molecule has 2 bridgehead atoms. The van der Waals surface area contributed by atoms with Crippen LogP contribution in [0.3, 0.4) is 0 Å². The number of rotatable bonds is 6. The van der Waals surface area contributed by atoms with Crippen LogP contribution >= 0.6 is 11.6 Å². The molecule has 2 atom stereocenters. The van der Waals surface area contributed by atoms with Crippen molar-refractivity contribution < 1.29 is 13.2 Å². The zero-order valence-corrected chi connectivity index (χ0v) is 19.0. The summed E-state index contributed by atoms with van der Waals surface area (Å²) in [7, 11) is -3.15. The van der Waals surface area contributed by atoms with Gasteiger partial charge in [-0.3, -0.25) is 0 Å². The maximum Gasteiger partial charge on any atom is 0.218 e. The highest BCUT2D eigenvalue weighted by Crippen LogP contribution is 2.44. The van der Waals surface area contributed by atoms with Crippen molar-refractivity contribution in [2.75, 3.05) is 11.1 Å². The summed E-state index contributed by atoms with van der Waals surface area (Å²) in [4.78, 5) is 4.44. The summed E-state index contributed by atoms with van der Waals surface area (Å²) < 4.78 is 33.8. The van der Waals surface area contributed by atoms with Crippen LogP contribution in [0.5, 0.6) is 5.88 Å². The number of hydrogen-bond acceptors (Lipinski definition) is 6. The second-order valence-corrected chi connectivity index (χ2v) is 11.3. The van der Waals surface area contributed by atoms with E-state index in [1.54, 1.807) is 18.3 Å². The van der Waals surface area contributed by atoms with Crippen LogP contribution in [-0.2, 0) is 10.0 Å². The van der Waals surface area contributed by atoms with Gasteiger partial charge in [-0.1, -0.05) is 11.6 Å². The number of nitrogens with zero attached hydrogens (tertiary/aromatic N) is 2. The van der Waals surface area contributed by atoms with Crippen LogP contribution in [0.25, 0.3) is 0 Å². The van der Waals surface area contributed by atoms with Gasteiger partial charge in [0.15, 0.2) is 0 Å². The van der Waals surface area contributed by atoms with Gasteiger partial charge in [0, 0.05) is 48.1 Å². The van der Waals surface area contributed by atoms with Crippen molar-refractivity contribution in [2.45, 2.75) is 68.9 Å². The number of ether oxygens (including phenoxy) is 1. The Bertz CT molecular complexity index is 1090. The largest absolute Gasteiger partial charge is 0.474 e. The molecule has 2 aromatic rings. The number of piperidine rings is 1. The smallest absolute Gasteiger partial charge is 0.218 e. The summed E-state index contributed by atoms with van der Waals surface area (Å²) in [5, 5.41) is 3.71. The molecule has 3 aliphatic rings. The SMILES string of the molecule is Cc1c(Nc2ccc(N)cc2Cl)ccnc1OC1C[C@@H]2CC[C@@H](C1)N2S(=O)(=O)C1CC1. The summed E-state index contributed by atoms with van der Waals surface area (Å²) >= 11 is 6.30. The van der Waals surface area contributed by atoms with E-state index < -0.39 is 10.0 Å². The van der Waals surface area contributed by atoms with E-state index in [9.17, 15) is 8.42 Å². The second-order valence-electron chi connectivity index (χ2n) is 8.82. The lowest BCUT2D eigenvalue weighted by atomic mass is 10.0. The third-order valence-electron chi connectivity index (χ3n) is 6.56. The number of sulfonamides is 1. The lowest BCUT2D eigenvalue weighted by Crippen LogP contribution is -2.50. The van der Waals surface area contributed by atoms with Gasteiger partial charge in [-0.2, -0.15) is 4.31 Å². The van der Waals surface area contributed by atoms with Gasteiger partial charge in [0.2, 0.25) is 15.9 Å². The number of nitrogens with two attached hydrogens (primary N) is 1. The lowest BCUT2D eigenvalue weighted by molar-refractivity contribution is 0.0911. The Morgan fingerprint density at radius 1 is 1.13 bits per heavy atom. The average molecular weight is 463 g/mol. The zero-order valence-electron chi connectivity index (χ0n) is 17.4. The first-order valence-electron chi connectivity index (χ1n) is 10.8. The van der Waals surface area contributed by atoms with Crippen LogP contribution in [0, 0.1) is 6.92 Å². The van der Waals surface area contributed by atoms with Gasteiger partial charge in [-0.05, 0) is 56.9 Å². The molecule has 1 aliphatic carbocycles. The first-order chi connectivity index (χ1) is 14.8. The third kappa shape index (κ3) is 3.97. The molecule has 1 aromatic heterocycles. The highest BCUT2D eigenvalue weighted by molar-refractivity contribution is 7.90. The fourth-order valence-electron chi connectivity index (χ4n) is 4.84. The first kappa shape index (κ1) is 20.8. The molecule has 9 heteroatoms. The minimum atomic E-state index is -3.15. The molecule has 0 radical (unpaired) electrons. The quantitative estimate of drug-likeness (QED) is 0.623. The van der Waals surface area contributed by atoms with Gasteiger partial charge >= 0.3 is 0 Å². The monoisotopic (exact) mass is 462 g/mol. The Morgan fingerprint density at radius 3 is 2.48 bits per heavy atom. The summed E-state index contributed by atoms with van der Waals surface area (Å²) in [5.41, 5.74) is 8.88. The molecule has 3 heterocycles. The van der Waals surface area contributed by atoms with Crippen molar-refractivity contribution in [3.63, 3.8) is 0 Å². The normalized spacial score (nSPS) is 26.1. The van der Waals surface area contributed by atoms with Crippen molar-refractivity contribution in [2.24, 2.45) is 0 Å². The molecule has 2 saturated heterocycles.